The molecule has 2 N–H and O–H groups in total. The van der Waals surface area contributed by atoms with Gasteiger partial charge in [0.25, 0.3) is 0 Å². The topological polar surface area (TPSA) is 50.4 Å². The van der Waals surface area contributed by atoms with E-state index < -0.39 is 0 Å². The van der Waals surface area contributed by atoms with Crippen molar-refractivity contribution in [3.8, 4) is 0 Å². The van der Waals surface area contributed by atoms with Gasteiger partial charge in [-0.25, -0.2) is 0 Å². The number of nitrogens with one attached hydrogen (secondary N) is 2. The Morgan fingerprint density at radius 3 is 2.50 bits per heavy atom. The van der Waals surface area contributed by atoms with Crippen molar-refractivity contribution in [3.05, 3.63) is 28.2 Å². The first-order valence-corrected chi connectivity index (χ1v) is 7.32. The number of carbonyl (C=O) groups is 1. The van der Waals surface area contributed by atoms with Crippen LogP contribution in [-0.4, -0.2) is 31.2 Å². The molecule has 20 heavy (non-hydrogen) atoms. The molecule has 1 fully saturated rings. The van der Waals surface area contributed by atoms with E-state index in [9.17, 15) is 4.79 Å². The van der Waals surface area contributed by atoms with Crippen molar-refractivity contribution in [1.29, 1.82) is 0 Å². The lowest BCUT2D eigenvalue weighted by Crippen LogP contribution is -2.49. The minimum Gasteiger partial charge on any atom is -0.381 e. The van der Waals surface area contributed by atoms with Crippen molar-refractivity contribution in [3.63, 3.8) is 0 Å². The minimum absolute atomic E-state index is 0.0557. The fourth-order valence-corrected chi connectivity index (χ4v) is 2.59. The third-order valence-electron chi connectivity index (χ3n) is 3.50. The van der Waals surface area contributed by atoms with Gasteiger partial charge in [0.2, 0.25) is 5.91 Å². The van der Waals surface area contributed by atoms with Gasteiger partial charge in [-0.2, -0.15) is 0 Å². The molecular weight excluding hydrogens is 299 g/mol. The first-order chi connectivity index (χ1) is 9.50. The molecule has 6 heteroatoms. The number of para-hydroxylation sites is 1. The van der Waals surface area contributed by atoms with E-state index in [2.05, 4.69) is 17.6 Å². The van der Waals surface area contributed by atoms with Crippen LogP contribution in [-0.2, 0) is 9.53 Å². The third-order valence-corrected chi connectivity index (χ3v) is 4.13. The average Bonchev–Trinajstić information content (AvgIpc) is 2.42. The summed E-state index contributed by atoms with van der Waals surface area (Å²) in [5, 5.41) is 6.88. The molecule has 0 radical (unpaired) electrons. The summed E-state index contributed by atoms with van der Waals surface area (Å²) in [7, 11) is 0. The molecule has 1 amide bonds. The number of carbonyl (C=O) groups excluding carboxylic acids is 1. The van der Waals surface area contributed by atoms with Gasteiger partial charge >= 0.3 is 0 Å². The zero-order valence-corrected chi connectivity index (χ0v) is 12.9. The number of benzene rings is 1. The molecule has 1 aromatic carbocycles. The molecule has 0 atom stereocenters. The van der Waals surface area contributed by atoms with Crippen LogP contribution in [0, 0.1) is 0 Å². The molecule has 0 unspecified atom stereocenters. The van der Waals surface area contributed by atoms with E-state index in [1.165, 1.54) is 0 Å². The summed E-state index contributed by atoms with van der Waals surface area (Å²) in [4.78, 5) is 12.0. The van der Waals surface area contributed by atoms with Gasteiger partial charge in [-0.05, 0) is 31.9 Å². The lowest BCUT2D eigenvalue weighted by atomic mass is 9.92. The molecule has 0 aromatic heterocycles. The van der Waals surface area contributed by atoms with Crippen LogP contribution in [0.3, 0.4) is 0 Å². The van der Waals surface area contributed by atoms with Gasteiger partial charge in [0.05, 0.1) is 22.3 Å². The monoisotopic (exact) mass is 316 g/mol. The maximum absolute atomic E-state index is 12.0. The van der Waals surface area contributed by atoms with Gasteiger partial charge in [0, 0.05) is 18.8 Å². The van der Waals surface area contributed by atoms with Gasteiger partial charge in [-0.1, -0.05) is 29.3 Å². The van der Waals surface area contributed by atoms with Gasteiger partial charge in [0.15, 0.2) is 0 Å². The highest BCUT2D eigenvalue weighted by Gasteiger charge is 2.27. The molecule has 1 saturated heterocycles. The van der Waals surface area contributed by atoms with E-state index in [1.54, 1.807) is 18.2 Å². The van der Waals surface area contributed by atoms with Crippen LogP contribution in [0.4, 0.5) is 5.69 Å². The molecule has 1 aromatic rings. The molecule has 4 nitrogen and oxygen atoms in total. The number of halogens is 2. The summed E-state index contributed by atoms with van der Waals surface area (Å²) < 4.78 is 5.32. The number of rotatable bonds is 4. The van der Waals surface area contributed by atoms with Crippen molar-refractivity contribution < 1.29 is 9.53 Å². The van der Waals surface area contributed by atoms with E-state index in [1.807, 2.05) is 0 Å². The number of amides is 1. The predicted molar refractivity (Wildman–Crippen MR) is 81.6 cm³/mol. The van der Waals surface area contributed by atoms with Crippen LogP contribution < -0.4 is 10.6 Å². The lowest BCUT2D eigenvalue weighted by Gasteiger charge is -2.34. The lowest BCUT2D eigenvalue weighted by molar-refractivity contribution is -0.116. The number of ether oxygens (including phenoxy) is 1. The Hall–Kier alpha value is -0.810. The first-order valence-electron chi connectivity index (χ1n) is 6.57. The summed E-state index contributed by atoms with van der Waals surface area (Å²) in [5.74, 6) is -0.160. The van der Waals surface area contributed by atoms with Crippen molar-refractivity contribution in [2.75, 3.05) is 25.1 Å². The van der Waals surface area contributed by atoms with E-state index in [4.69, 9.17) is 27.9 Å². The van der Waals surface area contributed by atoms with Crippen LogP contribution in [0.2, 0.25) is 10.0 Å². The maximum Gasteiger partial charge on any atom is 0.238 e. The van der Waals surface area contributed by atoms with Crippen molar-refractivity contribution in [2.45, 2.75) is 25.3 Å². The van der Waals surface area contributed by atoms with Crippen LogP contribution in [0.15, 0.2) is 18.2 Å². The zero-order valence-electron chi connectivity index (χ0n) is 11.3. The highest BCUT2D eigenvalue weighted by Crippen LogP contribution is 2.29. The highest BCUT2D eigenvalue weighted by atomic mass is 35.5. The van der Waals surface area contributed by atoms with Crippen molar-refractivity contribution >= 4 is 34.8 Å². The van der Waals surface area contributed by atoms with Crippen LogP contribution >= 0.6 is 23.2 Å². The van der Waals surface area contributed by atoms with Crippen LogP contribution in [0.1, 0.15) is 19.8 Å². The van der Waals surface area contributed by atoms with E-state index in [0.717, 1.165) is 26.1 Å². The number of hydrogen-bond donors (Lipinski definition) is 2. The third kappa shape index (κ3) is 4.09. The summed E-state index contributed by atoms with van der Waals surface area (Å²) in [6, 6.07) is 5.12. The van der Waals surface area contributed by atoms with Crippen LogP contribution in [0.5, 0.6) is 0 Å². The fraction of sp³-hybridized carbons (Fsp3) is 0.500. The molecular formula is C14H18Cl2N2O2. The zero-order chi connectivity index (χ0) is 14.6. The second kappa shape index (κ2) is 6.76. The van der Waals surface area contributed by atoms with E-state index >= 15 is 0 Å². The summed E-state index contributed by atoms with van der Waals surface area (Å²) in [6.45, 7) is 3.77. The fourth-order valence-electron chi connectivity index (χ4n) is 2.09. The highest BCUT2D eigenvalue weighted by molar-refractivity contribution is 6.39. The largest absolute Gasteiger partial charge is 0.381 e. The quantitative estimate of drug-likeness (QED) is 0.897. The van der Waals surface area contributed by atoms with E-state index in [0.29, 0.717) is 15.7 Å². The Morgan fingerprint density at radius 2 is 1.90 bits per heavy atom. The summed E-state index contributed by atoms with van der Waals surface area (Å²) in [6.07, 6.45) is 1.79. The minimum atomic E-state index is -0.160. The predicted octanol–water partition coefficient (Wildman–Crippen LogP) is 3.09. The molecule has 0 spiro atoms. The number of anilines is 1. The standard InChI is InChI=1S/C14H18Cl2N2O2/c1-14(5-7-20-8-6-14)17-9-12(19)18-13-10(15)3-2-4-11(13)16/h2-4,17H,5-9H2,1H3,(H,18,19). The SMILES string of the molecule is CC1(NCC(=O)Nc2c(Cl)cccc2Cl)CCOCC1. The number of hydrogen-bond acceptors (Lipinski definition) is 3. The Bertz CT molecular complexity index is 468. The second-order valence-corrected chi connectivity index (χ2v) is 5.99. The van der Waals surface area contributed by atoms with Gasteiger partial charge in [0.1, 0.15) is 0 Å². The molecule has 0 bridgehead atoms. The Morgan fingerprint density at radius 1 is 1.30 bits per heavy atom. The molecule has 1 aliphatic heterocycles. The van der Waals surface area contributed by atoms with Gasteiger partial charge in [-0.3, -0.25) is 4.79 Å². The summed E-state index contributed by atoms with van der Waals surface area (Å²) >= 11 is 12.0. The smallest absolute Gasteiger partial charge is 0.238 e. The normalized spacial score (nSPS) is 17.8. The Balaban J connectivity index is 1.89. The maximum atomic E-state index is 12.0. The van der Waals surface area contributed by atoms with Crippen molar-refractivity contribution in [2.24, 2.45) is 0 Å². The van der Waals surface area contributed by atoms with Crippen LogP contribution in [0.25, 0.3) is 0 Å². The Kier molecular flexibility index (Phi) is 5.27. The average molecular weight is 317 g/mol. The first kappa shape index (κ1) is 15.6. The Labute approximate surface area is 128 Å². The van der Waals surface area contributed by atoms with Gasteiger partial charge < -0.3 is 15.4 Å². The van der Waals surface area contributed by atoms with E-state index in [-0.39, 0.29) is 18.0 Å². The molecule has 1 heterocycles. The summed E-state index contributed by atoms with van der Waals surface area (Å²) in [5.41, 5.74) is 0.402. The molecule has 0 aliphatic carbocycles. The second-order valence-electron chi connectivity index (χ2n) is 5.17. The van der Waals surface area contributed by atoms with Gasteiger partial charge in [-0.15, -0.1) is 0 Å². The molecule has 2 rings (SSSR count). The molecule has 0 saturated carbocycles. The molecule has 110 valence electrons. The molecule has 1 aliphatic rings. The van der Waals surface area contributed by atoms with Crippen molar-refractivity contribution in [1.82, 2.24) is 5.32 Å².